The van der Waals surface area contributed by atoms with E-state index in [0.717, 1.165) is 22.0 Å². The number of aromatic nitrogens is 4. The van der Waals surface area contributed by atoms with Gasteiger partial charge in [-0.25, -0.2) is 15.0 Å². The highest BCUT2D eigenvalue weighted by atomic mass is 35.5. The summed E-state index contributed by atoms with van der Waals surface area (Å²) < 4.78 is 0. The molecule has 0 fully saturated rings. The van der Waals surface area contributed by atoms with Crippen LogP contribution in [0.2, 0.25) is 5.02 Å². The van der Waals surface area contributed by atoms with Crippen LogP contribution in [-0.2, 0) is 0 Å². The van der Waals surface area contributed by atoms with E-state index < -0.39 is 0 Å². The van der Waals surface area contributed by atoms with Crippen molar-refractivity contribution in [2.24, 2.45) is 0 Å². The Hall–Kier alpha value is -3.05. The molecule has 0 saturated carbocycles. The predicted molar refractivity (Wildman–Crippen MR) is 100 cm³/mol. The van der Waals surface area contributed by atoms with Crippen molar-refractivity contribution in [3.63, 3.8) is 0 Å². The molecular formula is C19H14ClN5. The Labute approximate surface area is 149 Å². The Bertz CT molecular complexity index is 1030. The summed E-state index contributed by atoms with van der Waals surface area (Å²) in [5, 5.41) is 4.74. The molecule has 5 nitrogen and oxygen atoms in total. The number of pyridine rings is 2. The van der Waals surface area contributed by atoms with Crippen molar-refractivity contribution >= 4 is 34.1 Å². The summed E-state index contributed by atoms with van der Waals surface area (Å²) in [6.07, 6.45) is 5.27. The maximum atomic E-state index is 6.16. The lowest BCUT2D eigenvalue weighted by Gasteiger charge is -2.11. The fourth-order valence-corrected chi connectivity index (χ4v) is 2.66. The molecule has 6 heteroatoms. The van der Waals surface area contributed by atoms with Gasteiger partial charge < -0.3 is 5.32 Å². The Morgan fingerprint density at radius 1 is 1.00 bits per heavy atom. The first kappa shape index (κ1) is 15.5. The lowest BCUT2D eigenvalue weighted by Crippen LogP contribution is -2.01. The van der Waals surface area contributed by atoms with E-state index in [0.29, 0.717) is 22.5 Å². The molecule has 0 unspecified atom stereocenters. The van der Waals surface area contributed by atoms with E-state index >= 15 is 0 Å². The smallest absolute Gasteiger partial charge is 0.163 e. The van der Waals surface area contributed by atoms with Crippen molar-refractivity contribution < 1.29 is 0 Å². The third kappa shape index (κ3) is 3.27. The van der Waals surface area contributed by atoms with Crippen molar-refractivity contribution in [1.29, 1.82) is 0 Å². The van der Waals surface area contributed by atoms with E-state index in [2.05, 4.69) is 25.3 Å². The van der Waals surface area contributed by atoms with Gasteiger partial charge in [0, 0.05) is 34.6 Å². The van der Waals surface area contributed by atoms with Crippen molar-refractivity contribution in [2.45, 2.75) is 6.92 Å². The number of aryl methyl sites for hydroxylation is 1. The summed E-state index contributed by atoms with van der Waals surface area (Å²) in [6, 6.07) is 13.2. The first-order valence-corrected chi connectivity index (χ1v) is 8.14. The van der Waals surface area contributed by atoms with E-state index in [9.17, 15) is 0 Å². The van der Waals surface area contributed by atoms with Crippen LogP contribution in [0.5, 0.6) is 0 Å². The second-order valence-electron chi connectivity index (χ2n) is 5.64. The average Bonchev–Trinajstić information content (AvgIpc) is 2.64. The van der Waals surface area contributed by atoms with Gasteiger partial charge in [0.1, 0.15) is 11.6 Å². The average molecular weight is 348 g/mol. The summed E-state index contributed by atoms with van der Waals surface area (Å²) in [4.78, 5) is 17.8. The van der Waals surface area contributed by atoms with Crippen LogP contribution in [0.1, 0.15) is 5.56 Å². The van der Waals surface area contributed by atoms with Crippen LogP contribution in [0.25, 0.3) is 22.3 Å². The van der Waals surface area contributed by atoms with Crippen molar-refractivity contribution in [3.8, 4) is 11.4 Å². The summed E-state index contributed by atoms with van der Waals surface area (Å²) in [5.41, 5.74) is 2.74. The lowest BCUT2D eigenvalue weighted by molar-refractivity contribution is 1.19. The number of benzene rings is 1. The number of halogens is 1. The fourth-order valence-electron chi connectivity index (χ4n) is 2.48. The second-order valence-corrected chi connectivity index (χ2v) is 6.08. The maximum absolute atomic E-state index is 6.16. The molecule has 4 aromatic rings. The van der Waals surface area contributed by atoms with Gasteiger partial charge in [-0.05, 0) is 48.9 Å². The molecule has 25 heavy (non-hydrogen) atoms. The summed E-state index contributed by atoms with van der Waals surface area (Å²) in [6.45, 7) is 2.00. The standard InChI is InChI=1S/C19H14ClN5/c1-12-4-7-17(22-10-12)24-19-15-9-14(20)5-6-16(15)23-18(25-19)13-3-2-8-21-11-13/h2-11H,1H3,(H,22,23,24,25). The summed E-state index contributed by atoms with van der Waals surface area (Å²) in [5.74, 6) is 1.96. The molecule has 0 radical (unpaired) electrons. The molecule has 0 spiro atoms. The van der Waals surface area contributed by atoms with E-state index in [4.69, 9.17) is 11.6 Å². The minimum absolute atomic E-state index is 0.595. The third-order valence-electron chi connectivity index (χ3n) is 3.74. The minimum Gasteiger partial charge on any atom is -0.324 e. The molecule has 0 aliphatic carbocycles. The Morgan fingerprint density at radius 2 is 1.92 bits per heavy atom. The summed E-state index contributed by atoms with van der Waals surface area (Å²) in [7, 11) is 0. The molecule has 3 aromatic heterocycles. The highest BCUT2D eigenvalue weighted by Gasteiger charge is 2.11. The van der Waals surface area contributed by atoms with Crippen LogP contribution in [-0.4, -0.2) is 19.9 Å². The van der Waals surface area contributed by atoms with Gasteiger partial charge in [0.2, 0.25) is 0 Å². The van der Waals surface area contributed by atoms with Gasteiger partial charge in [0.05, 0.1) is 5.52 Å². The Morgan fingerprint density at radius 3 is 2.68 bits per heavy atom. The number of fused-ring (bicyclic) bond motifs is 1. The molecule has 0 aliphatic heterocycles. The molecular weight excluding hydrogens is 334 g/mol. The SMILES string of the molecule is Cc1ccc(Nc2nc(-c3cccnc3)nc3ccc(Cl)cc23)nc1. The molecule has 0 bridgehead atoms. The first-order chi connectivity index (χ1) is 12.2. The van der Waals surface area contributed by atoms with Crippen LogP contribution in [0, 0.1) is 6.92 Å². The van der Waals surface area contributed by atoms with E-state index in [1.807, 2.05) is 49.4 Å². The highest BCUT2D eigenvalue weighted by Crippen LogP contribution is 2.28. The lowest BCUT2D eigenvalue weighted by atomic mass is 10.2. The minimum atomic E-state index is 0.595. The molecule has 1 N–H and O–H groups in total. The van der Waals surface area contributed by atoms with Crippen molar-refractivity contribution in [3.05, 3.63) is 71.6 Å². The molecule has 1 aromatic carbocycles. The third-order valence-corrected chi connectivity index (χ3v) is 3.97. The van der Waals surface area contributed by atoms with Gasteiger partial charge in [0.25, 0.3) is 0 Å². The number of hydrogen-bond acceptors (Lipinski definition) is 5. The molecule has 0 saturated heterocycles. The van der Waals surface area contributed by atoms with Crippen LogP contribution in [0.3, 0.4) is 0 Å². The van der Waals surface area contributed by atoms with Crippen LogP contribution >= 0.6 is 11.6 Å². The molecule has 0 atom stereocenters. The van der Waals surface area contributed by atoms with Gasteiger partial charge in [0.15, 0.2) is 5.82 Å². The molecule has 4 rings (SSSR count). The number of nitrogens with one attached hydrogen (secondary N) is 1. The van der Waals surface area contributed by atoms with E-state index in [1.165, 1.54) is 0 Å². The van der Waals surface area contributed by atoms with Gasteiger partial charge in [-0.15, -0.1) is 0 Å². The van der Waals surface area contributed by atoms with Crippen molar-refractivity contribution in [2.75, 3.05) is 5.32 Å². The zero-order valence-electron chi connectivity index (χ0n) is 13.4. The molecule has 122 valence electrons. The van der Waals surface area contributed by atoms with Crippen LogP contribution in [0.4, 0.5) is 11.6 Å². The van der Waals surface area contributed by atoms with E-state index in [-0.39, 0.29) is 0 Å². The van der Waals surface area contributed by atoms with Crippen LogP contribution in [0.15, 0.2) is 61.1 Å². The number of rotatable bonds is 3. The van der Waals surface area contributed by atoms with Gasteiger partial charge in [-0.1, -0.05) is 17.7 Å². The quantitative estimate of drug-likeness (QED) is 0.577. The monoisotopic (exact) mass is 347 g/mol. The zero-order chi connectivity index (χ0) is 17.2. The van der Waals surface area contributed by atoms with Crippen LogP contribution < -0.4 is 5.32 Å². The van der Waals surface area contributed by atoms with E-state index in [1.54, 1.807) is 18.6 Å². The molecule has 0 amide bonds. The largest absolute Gasteiger partial charge is 0.324 e. The molecule has 0 aliphatic rings. The normalized spacial score (nSPS) is 10.8. The topological polar surface area (TPSA) is 63.6 Å². The van der Waals surface area contributed by atoms with Crippen molar-refractivity contribution in [1.82, 2.24) is 19.9 Å². The van der Waals surface area contributed by atoms with Gasteiger partial charge in [-0.2, -0.15) is 0 Å². The first-order valence-electron chi connectivity index (χ1n) is 7.76. The predicted octanol–water partition coefficient (Wildman–Crippen LogP) is 4.79. The Balaban J connectivity index is 1.87. The highest BCUT2D eigenvalue weighted by molar-refractivity contribution is 6.31. The number of nitrogens with zero attached hydrogens (tertiary/aromatic N) is 4. The number of anilines is 2. The second kappa shape index (κ2) is 6.45. The van der Waals surface area contributed by atoms with Gasteiger partial charge >= 0.3 is 0 Å². The maximum Gasteiger partial charge on any atom is 0.163 e. The number of hydrogen-bond donors (Lipinski definition) is 1. The van der Waals surface area contributed by atoms with Gasteiger partial charge in [-0.3, -0.25) is 4.98 Å². The fraction of sp³-hybridized carbons (Fsp3) is 0.0526. The molecule has 3 heterocycles. The Kier molecular flexibility index (Phi) is 3.99. The zero-order valence-corrected chi connectivity index (χ0v) is 14.2. The summed E-state index contributed by atoms with van der Waals surface area (Å²) >= 11 is 6.16.